The number of ether oxygens (including phenoxy) is 1. The van der Waals surface area contributed by atoms with E-state index in [1.54, 1.807) is 13.8 Å². The molecule has 0 saturated heterocycles. The third kappa shape index (κ3) is 1.81. The largest absolute Gasteiger partial charge is 0.481 e. The Labute approximate surface area is 95.0 Å². The van der Waals surface area contributed by atoms with Gasteiger partial charge in [0, 0.05) is 0 Å². The van der Waals surface area contributed by atoms with Gasteiger partial charge in [0.25, 0.3) is 0 Å². The molecule has 2 bridgehead atoms. The summed E-state index contributed by atoms with van der Waals surface area (Å²) in [4.78, 5) is 23.1. The first kappa shape index (κ1) is 11.4. The lowest BCUT2D eigenvalue weighted by molar-refractivity contribution is -0.163. The molecular weight excluding hydrogens is 208 g/mol. The first-order chi connectivity index (χ1) is 7.50. The number of esters is 1. The van der Waals surface area contributed by atoms with E-state index in [0.717, 1.165) is 19.3 Å². The molecule has 2 fully saturated rings. The van der Waals surface area contributed by atoms with Gasteiger partial charge in [-0.15, -0.1) is 0 Å². The molecule has 2 rings (SSSR count). The highest BCUT2D eigenvalue weighted by molar-refractivity contribution is 5.82. The SMILES string of the molecule is CC(C)OC(=O)[C@@H]1[C@@H]2CC[C@@H](C2)[C@@H]1C(=O)O. The van der Waals surface area contributed by atoms with Crippen LogP contribution < -0.4 is 0 Å². The van der Waals surface area contributed by atoms with Crippen LogP contribution in [0.3, 0.4) is 0 Å². The quantitative estimate of drug-likeness (QED) is 0.744. The van der Waals surface area contributed by atoms with Crippen molar-refractivity contribution in [1.82, 2.24) is 0 Å². The fraction of sp³-hybridized carbons (Fsp3) is 0.833. The Hall–Kier alpha value is -1.06. The Morgan fingerprint density at radius 3 is 2.25 bits per heavy atom. The first-order valence-corrected chi connectivity index (χ1v) is 5.94. The monoisotopic (exact) mass is 226 g/mol. The number of hydrogen-bond donors (Lipinski definition) is 1. The van der Waals surface area contributed by atoms with E-state index in [-0.39, 0.29) is 23.9 Å². The summed E-state index contributed by atoms with van der Waals surface area (Å²) in [6, 6.07) is 0. The third-order valence-corrected chi connectivity index (χ3v) is 3.83. The summed E-state index contributed by atoms with van der Waals surface area (Å²) < 4.78 is 5.16. The Bertz CT molecular complexity index is 310. The maximum absolute atomic E-state index is 11.9. The number of aliphatic carboxylic acids is 1. The summed E-state index contributed by atoms with van der Waals surface area (Å²) in [5.41, 5.74) is 0. The van der Waals surface area contributed by atoms with Crippen molar-refractivity contribution in [2.45, 2.75) is 39.2 Å². The number of carboxylic acids is 1. The van der Waals surface area contributed by atoms with Crippen molar-refractivity contribution < 1.29 is 19.4 Å². The summed E-state index contributed by atoms with van der Waals surface area (Å²) in [5, 5.41) is 9.18. The van der Waals surface area contributed by atoms with E-state index in [1.165, 1.54) is 0 Å². The Morgan fingerprint density at radius 1 is 1.19 bits per heavy atom. The van der Waals surface area contributed by atoms with Gasteiger partial charge in [-0.05, 0) is 44.9 Å². The molecule has 0 heterocycles. The maximum Gasteiger partial charge on any atom is 0.310 e. The van der Waals surface area contributed by atoms with Crippen molar-refractivity contribution >= 4 is 11.9 Å². The average Bonchev–Trinajstić information content (AvgIpc) is 2.74. The van der Waals surface area contributed by atoms with Crippen LogP contribution in [0.2, 0.25) is 0 Å². The van der Waals surface area contributed by atoms with Crippen molar-refractivity contribution in [1.29, 1.82) is 0 Å². The van der Waals surface area contributed by atoms with Crippen LogP contribution in [-0.2, 0) is 14.3 Å². The minimum Gasteiger partial charge on any atom is -0.481 e. The van der Waals surface area contributed by atoms with Gasteiger partial charge in [0.05, 0.1) is 17.9 Å². The van der Waals surface area contributed by atoms with E-state index < -0.39 is 17.8 Å². The molecule has 2 aliphatic carbocycles. The Kier molecular flexibility index (Phi) is 2.91. The smallest absolute Gasteiger partial charge is 0.310 e. The molecule has 0 aromatic heterocycles. The van der Waals surface area contributed by atoms with E-state index in [1.807, 2.05) is 0 Å². The zero-order valence-electron chi connectivity index (χ0n) is 9.68. The lowest BCUT2D eigenvalue weighted by Gasteiger charge is -2.26. The van der Waals surface area contributed by atoms with Crippen LogP contribution in [-0.4, -0.2) is 23.1 Å². The molecule has 0 unspecified atom stereocenters. The van der Waals surface area contributed by atoms with Crippen LogP contribution in [0.5, 0.6) is 0 Å². The van der Waals surface area contributed by atoms with Crippen LogP contribution in [0.25, 0.3) is 0 Å². The molecule has 90 valence electrons. The van der Waals surface area contributed by atoms with Gasteiger partial charge in [0.15, 0.2) is 0 Å². The second-order valence-corrected chi connectivity index (χ2v) is 5.21. The topological polar surface area (TPSA) is 63.6 Å². The van der Waals surface area contributed by atoms with Crippen LogP contribution in [0.1, 0.15) is 33.1 Å². The normalized spacial score (nSPS) is 36.7. The molecule has 0 aromatic rings. The van der Waals surface area contributed by atoms with Crippen molar-refractivity contribution in [3.63, 3.8) is 0 Å². The second-order valence-electron chi connectivity index (χ2n) is 5.21. The van der Waals surface area contributed by atoms with Crippen molar-refractivity contribution in [3.8, 4) is 0 Å². The van der Waals surface area contributed by atoms with Gasteiger partial charge in [0.2, 0.25) is 0 Å². The molecule has 16 heavy (non-hydrogen) atoms. The van der Waals surface area contributed by atoms with E-state index in [4.69, 9.17) is 4.74 Å². The molecule has 0 aromatic carbocycles. The molecule has 0 amide bonds. The second kappa shape index (κ2) is 4.07. The molecule has 0 radical (unpaired) electrons. The molecule has 4 atom stereocenters. The van der Waals surface area contributed by atoms with E-state index in [0.29, 0.717) is 0 Å². The zero-order chi connectivity index (χ0) is 11.9. The lowest BCUT2D eigenvalue weighted by Crippen LogP contribution is -2.36. The number of hydrogen-bond acceptors (Lipinski definition) is 3. The molecule has 2 aliphatic rings. The van der Waals surface area contributed by atoms with Crippen LogP contribution in [0.15, 0.2) is 0 Å². The minimum absolute atomic E-state index is 0.166. The molecule has 1 N–H and O–H groups in total. The van der Waals surface area contributed by atoms with Crippen molar-refractivity contribution in [2.75, 3.05) is 0 Å². The highest BCUT2D eigenvalue weighted by Gasteiger charge is 2.54. The van der Waals surface area contributed by atoms with Crippen LogP contribution >= 0.6 is 0 Å². The molecule has 2 saturated carbocycles. The third-order valence-electron chi connectivity index (χ3n) is 3.83. The fourth-order valence-electron chi connectivity index (χ4n) is 3.30. The van der Waals surface area contributed by atoms with Gasteiger partial charge in [-0.3, -0.25) is 9.59 Å². The summed E-state index contributed by atoms with van der Waals surface area (Å²) in [6.07, 6.45) is 2.65. The lowest BCUT2D eigenvalue weighted by atomic mass is 9.79. The summed E-state index contributed by atoms with van der Waals surface area (Å²) in [5.74, 6) is -1.64. The zero-order valence-corrected chi connectivity index (χ0v) is 9.68. The molecule has 4 nitrogen and oxygen atoms in total. The summed E-state index contributed by atoms with van der Waals surface area (Å²) in [7, 11) is 0. The molecular formula is C12H18O4. The number of carboxylic acid groups (broad SMARTS) is 1. The van der Waals surface area contributed by atoms with Gasteiger partial charge in [-0.1, -0.05) is 0 Å². The van der Waals surface area contributed by atoms with E-state index in [9.17, 15) is 14.7 Å². The number of carbonyl (C=O) groups excluding carboxylic acids is 1. The Balaban J connectivity index is 2.12. The Morgan fingerprint density at radius 2 is 1.75 bits per heavy atom. The highest BCUT2D eigenvalue weighted by Crippen LogP contribution is 2.52. The summed E-state index contributed by atoms with van der Waals surface area (Å²) in [6.45, 7) is 3.59. The molecule has 4 heteroatoms. The average molecular weight is 226 g/mol. The predicted molar refractivity (Wildman–Crippen MR) is 56.7 cm³/mol. The fourth-order valence-corrected chi connectivity index (χ4v) is 3.30. The number of fused-ring (bicyclic) bond motifs is 2. The predicted octanol–water partition coefficient (Wildman–Crippen LogP) is 1.68. The van der Waals surface area contributed by atoms with Gasteiger partial charge >= 0.3 is 11.9 Å². The highest BCUT2D eigenvalue weighted by atomic mass is 16.5. The molecule has 0 aliphatic heterocycles. The van der Waals surface area contributed by atoms with Crippen molar-refractivity contribution in [3.05, 3.63) is 0 Å². The van der Waals surface area contributed by atoms with Gasteiger partial charge < -0.3 is 9.84 Å². The summed E-state index contributed by atoms with van der Waals surface area (Å²) >= 11 is 0. The minimum atomic E-state index is -0.835. The molecule has 0 spiro atoms. The van der Waals surface area contributed by atoms with Crippen molar-refractivity contribution in [2.24, 2.45) is 23.7 Å². The van der Waals surface area contributed by atoms with Gasteiger partial charge in [0.1, 0.15) is 0 Å². The van der Waals surface area contributed by atoms with Crippen LogP contribution in [0, 0.1) is 23.7 Å². The van der Waals surface area contributed by atoms with E-state index in [2.05, 4.69) is 0 Å². The maximum atomic E-state index is 11.9. The number of carbonyl (C=O) groups is 2. The van der Waals surface area contributed by atoms with Gasteiger partial charge in [-0.25, -0.2) is 0 Å². The van der Waals surface area contributed by atoms with E-state index >= 15 is 0 Å². The number of rotatable bonds is 3. The first-order valence-electron chi connectivity index (χ1n) is 5.94. The standard InChI is InChI=1S/C12H18O4/c1-6(2)16-12(15)10-8-4-3-7(5-8)9(10)11(13)14/h6-10H,3-5H2,1-2H3,(H,13,14)/t7-,8+,9-,10+/m0/s1. The van der Waals surface area contributed by atoms with Crippen LogP contribution in [0.4, 0.5) is 0 Å². The van der Waals surface area contributed by atoms with Gasteiger partial charge in [-0.2, -0.15) is 0 Å².